The molecule has 2 aromatic rings. The fourth-order valence-corrected chi connectivity index (χ4v) is 2.41. The quantitative estimate of drug-likeness (QED) is 0.800. The summed E-state index contributed by atoms with van der Waals surface area (Å²) < 4.78 is 6.14. The summed E-state index contributed by atoms with van der Waals surface area (Å²) in [6.45, 7) is 1.79. The number of halogens is 2. The number of amides is 1. The van der Waals surface area contributed by atoms with Gasteiger partial charge in [-0.25, -0.2) is 0 Å². The topological polar surface area (TPSA) is 64.3 Å². The van der Waals surface area contributed by atoms with Crippen LogP contribution in [0, 0.1) is 6.92 Å². The van der Waals surface area contributed by atoms with E-state index in [4.69, 9.17) is 22.1 Å². The average molecular weight is 370 g/mol. The molecule has 21 heavy (non-hydrogen) atoms. The third-order valence-corrected chi connectivity index (χ3v) is 3.69. The zero-order valence-corrected chi connectivity index (χ0v) is 13.7. The van der Waals surface area contributed by atoms with Gasteiger partial charge in [0.25, 0.3) is 5.91 Å². The molecule has 0 aliphatic heterocycles. The number of ether oxygens (including phenoxy) is 1. The molecule has 4 nitrogen and oxygen atoms in total. The molecule has 6 heteroatoms. The first-order chi connectivity index (χ1) is 9.95. The third-order valence-electron chi connectivity index (χ3n) is 2.80. The molecule has 0 atom stereocenters. The molecule has 0 bridgehead atoms. The van der Waals surface area contributed by atoms with Crippen LogP contribution in [0.15, 0.2) is 40.9 Å². The molecule has 2 rings (SSSR count). The molecule has 0 aliphatic carbocycles. The largest absolute Gasteiger partial charge is 0.484 e. The molecular formula is C15H14BrClN2O2. The number of rotatable bonds is 4. The van der Waals surface area contributed by atoms with Crippen molar-refractivity contribution in [2.45, 2.75) is 6.92 Å². The molecule has 0 aromatic heterocycles. The number of nitrogens with two attached hydrogens (primary N) is 1. The summed E-state index contributed by atoms with van der Waals surface area (Å²) in [5.41, 5.74) is 7.99. The highest BCUT2D eigenvalue weighted by molar-refractivity contribution is 9.10. The number of hydrogen-bond donors (Lipinski definition) is 2. The van der Waals surface area contributed by atoms with Crippen LogP contribution in [0.2, 0.25) is 5.02 Å². The van der Waals surface area contributed by atoms with Crippen molar-refractivity contribution >= 4 is 44.8 Å². The number of nitrogen functional groups attached to an aromatic ring is 1. The second-order valence-corrected chi connectivity index (χ2v) is 5.77. The van der Waals surface area contributed by atoms with Crippen LogP contribution in [0.5, 0.6) is 5.75 Å². The fraction of sp³-hybridized carbons (Fsp3) is 0.133. The average Bonchev–Trinajstić information content (AvgIpc) is 2.43. The van der Waals surface area contributed by atoms with Crippen LogP contribution in [0.4, 0.5) is 11.4 Å². The molecule has 0 heterocycles. The second-order valence-electron chi connectivity index (χ2n) is 4.48. The maximum Gasteiger partial charge on any atom is 0.262 e. The Hall–Kier alpha value is -1.72. The van der Waals surface area contributed by atoms with Crippen molar-refractivity contribution in [1.82, 2.24) is 0 Å². The smallest absolute Gasteiger partial charge is 0.262 e. The van der Waals surface area contributed by atoms with E-state index >= 15 is 0 Å². The summed E-state index contributed by atoms with van der Waals surface area (Å²) in [6.07, 6.45) is 0. The Bertz CT molecular complexity index is 677. The van der Waals surface area contributed by atoms with E-state index in [1.165, 1.54) is 0 Å². The zero-order chi connectivity index (χ0) is 15.4. The van der Waals surface area contributed by atoms with Crippen molar-refractivity contribution in [2.24, 2.45) is 0 Å². The maximum absolute atomic E-state index is 11.9. The summed E-state index contributed by atoms with van der Waals surface area (Å²) in [5.74, 6) is 0.263. The summed E-state index contributed by atoms with van der Waals surface area (Å²) in [5, 5.41) is 3.30. The summed E-state index contributed by atoms with van der Waals surface area (Å²) in [6, 6.07) is 10.4. The molecule has 110 valence electrons. The van der Waals surface area contributed by atoms with Crippen LogP contribution in [0.1, 0.15) is 5.56 Å². The number of aryl methyl sites for hydroxylation is 1. The Balaban J connectivity index is 1.97. The molecular weight excluding hydrogens is 356 g/mol. The van der Waals surface area contributed by atoms with E-state index in [0.717, 1.165) is 10.0 Å². The monoisotopic (exact) mass is 368 g/mol. The molecule has 0 unspecified atom stereocenters. The van der Waals surface area contributed by atoms with Crippen LogP contribution < -0.4 is 15.8 Å². The first-order valence-corrected chi connectivity index (χ1v) is 7.36. The summed E-state index contributed by atoms with van der Waals surface area (Å²) in [4.78, 5) is 11.9. The number of anilines is 2. The van der Waals surface area contributed by atoms with E-state index in [1.807, 2.05) is 13.0 Å². The van der Waals surface area contributed by atoms with Gasteiger partial charge in [-0.05, 0) is 58.7 Å². The normalized spacial score (nSPS) is 10.2. The lowest BCUT2D eigenvalue weighted by molar-refractivity contribution is -0.118. The van der Waals surface area contributed by atoms with Crippen LogP contribution >= 0.6 is 27.5 Å². The number of carbonyl (C=O) groups excluding carboxylic acids is 1. The van der Waals surface area contributed by atoms with Gasteiger partial charge in [-0.2, -0.15) is 0 Å². The van der Waals surface area contributed by atoms with Crippen LogP contribution in [0.25, 0.3) is 0 Å². The SMILES string of the molecule is Cc1cc(Br)c(NC(=O)COc2cccc(Cl)c2)cc1N. The summed E-state index contributed by atoms with van der Waals surface area (Å²) >= 11 is 9.23. The minimum atomic E-state index is -0.279. The van der Waals surface area contributed by atoms with E-state index < -0.39 is 0 Å². The van der Waals surface area contributed by atoms with Gasteiger partial charge in [0, 0.05) is 15.2 Å². The standard InChI is InChI=1S/C15H14BrClN2O2/c1-9-5-12(16)14(7-13(9)18)19-15(20)8-21-11-4-2-3-10(17)6-11/h2-7H,8,18H2,1H3,(H,19,20). The van der Waals surface area contributed by atoms with E-state index in [1.54, 1.807) is 30.3 Å². The molecule has 0 saturated carbocycles. The minimum Gasteiger partial charge on any atom is -0.484 e. The number of carbonyl (C=O) groups is 1. The molecule has 2 aromatic carbocycles. The second kappa shape index (κ2) is 6.83. The lowest BCUT2D eigenvalue weighted by Gasteiger charge is -2.11. The Morgan fingerprint density at radius 2 is 2.14 bits per heavy atom. The van der Waals surface area contributed by atoms with Gasteiger partial charge in [-0.1, -0.05) is 17.7 Å². The fourth-order valence-electron chi connectivity index (χ4n) is 1.68. The highest BCUT2D eigenvalue weighted by atomic mass is 79.9. The molecule has 1 amide bonds. The molecule has 0 spiro atoms. The van der Waals surface area contributed by atoms with Crippen molar-refractivity contribution < 1.29 is 9.53 Å². The van der Waals surface area contributed by atoms with Gasteiger partial charge in [0.1, 0.15) is 5.75 Å². The Labute approximate surface area is 136 Å². The van der Waals surface area contributed by atoms with Gasteiger partial charge in [-0.3, -0.25) is 4.79 Å². The lowest BCUT2D eigenvalue weighted by Crippen LogP contribution is -2.20. The third kappa shape index (κ3) is 4.37. The van der Waals surface area contributed by atoms with E-state index in [9.17, 15) is 4.79 Å². The summed E-state index contributed by atoms with van der Waals surface area (Å²) in [7, 11) is 0. The molecule has 3 N–H and O–H groups in total. The van der Waals surface area contributed by atoms with Crippen molar-refractivity contribution in [3.05, 3.63) is 51.5 Å². The minimum absolute atomic E-state index is 0.111. The van der Waals surface area contributed by atoms with Gasteiger partial charge in [0.05, 0.1) is 5.69 Å². The highest BCUT2D eigenvalue weighted by Crippen LogP contribution is 2.27. The number of nitrogens with one attached hydrogen (secondary N) is 1. The zero-order valence-electron chi connectivity index (χ0n) is 11.3. The number of benzene rings is 2. The van der Waals surface area contributed by atoms with Crippen molar-refractivity contribution in [2.75, 3.05) is 17.7 Å². The van der Waals surface area contributed by atoms with E-state index in [-0.39, 0.29) is 12.5 Å². The first kappa shape index (κ1) is 15.7. The Morgan fingerprint density at radius 1 is 1.38 bits per heavy atom. The van der Waals surface area contributed by atoms with Gasteiger partial charge in [-0.15, -0.1) is 0 Å². The van der Waals surface area contributed by atoms with Crippen molar-refractivity contribution in [1.29, 1.82) is 0 Å². The lowest BCUT2D eigenvalue weighted by atomic mass is 10.2. The molecule has 0 saturated heterocycles. The Morgan fingerprint density at radius 3 is 2.86 bits per heavy atom. The van der Waals surface area contributed by atoms with Crippen LogP contribution in [0.3, 0.4) is 0 Å². The van der Waals surface area contributed by atoms with Gasteiger partial charge in [0.15, 0.2) is 6.61 Å². The molecule has 0 radical (unpaired) electrons. The van der Waals surface area contributed by atoms with E-state index in [2.05, 4.69) is 21.2 Å². The molecule has 0 fully saturated rings. The molecule has 0 aliphatic rings. The predicted molar refractivity (Wildman–Crippen MR) is 88.9 cm³/mol. The highest BCUT2D eigenvalue weighted by Gasteiger charge is 2.08. The first-order valence-electron chi connectivity index (χ1n) is 6.19. The predicted octanol–water partition coefficient (Wildman–Crippen LogP) is 4.01. The Kier molecular flexibility index (Phi) is 5.09. The number of hydrogen-bond acceptors (Lipinski definition) is 3. The van der Waals surface area contributed by atoms with Crippen molar-refractivity contribution in [3.63, 3.8) is 0 Å². The van der Waals surface area contributed by atoms with Gasteiger partial charge in [0.2, 0.25) is 0 Å². The maximum atomic E-state index is 11.9. The van der Waals surface area contributed by atoms with Crippen LogP contribution in [-0.2, 0) is 4.79 Å². The van der Waals surface area contributed by atoms with Gasteiger partial charge < -0.3 is 15.8 Å². The van der Waals surface area contributed by atoms with Crippen molar-refractivity contribution in [3.8, 4) is 5.75 Å². The van der Waals surface area contributed by atoms with Crippen LogP contribution in [-0.4, -0.2) is 12.5 Å². The van der Waals surface area contributed by atoms with Gasteiger partial charge >= 0.3 is 0 Å². The van der Waals surface area contributed by atoms with E-state index in [0.29, 0.717) is 22.1 Å².